The first-order valence-electron chi connectivity index (χ1n) is 7.88. The summed E-state index contributed by atoms with van der Waals surface area (Å²) < 4.78 is 35.6. The molecule has 1 aromatic rings. The fourth-order valence-electron chi connectivity index (χ4n) is 2.66. The van der Waals surface area contributed by atoms with Crippen LogP contribution in [0.2, 0.25) is 0 Å². The van der Waals surface area contributed by atoms with Gasteiger partial charge < -0.3 is 14.8 Å². The molecule has 0 unspecified atom stereocenters. The number of anilines is 1. The number of benzene rings is 1. The van der Waals surface area contributed by atoms with Crippen LogP contribution in [0.4, 0.5) is 5.69 Å². The van der Waals surface area contributed by atoms with Crippen LogP contribution in [0.5, 0.6) is 5.75 Å². The number of methoxy groups -OCH3 is 2. The van der Waals surface area contributed by atoms with Crippen molar-refractivity contribution in [3.05, 3.63) is 24.3 Å². The number of hydrogen-bond acceptors (Lipinski definition) is 5. The Bertz CT molecular complexity index is 654. The van der Waals surface area contributed by atoms with Gasteiger partial charge in [0.15, 0.2) is 0 Å². The lowest BCUT2D eigenvalue weighted by molar-refractivity contribution is -0.120. The van der Waals surface area contributed by atoms with Crippen LogP contribution in [0.1, 0.15) is 12.8 Å². The molecule has 0 saturated carbocycles. The quantitative estimate of drug-likeness (QED) is 0.796. The van der Waals surface area contributed by atoms with Gasteiger partial charge in [-0.05, 0) is 25.0 Å². The van der Waals surface area contributed by atoms with Crippen molar-refractivity contribution in [2.24, 2.45) is 5.92 Å². The van der Waals surface area contributed by atoms with Crippen molar-refractivity contribution in [1.29, 1.82) is 0 Å². The lowest BCUT2D eigenvalue weighted by atomic mass is 9.97. The molecular weight excluding hydrogens is 332 g/mol. The average molecular weight is 356 g/mol. The average Bonchev–Trinajstić information content (AvgIpc) is 2.60. The summed E-state index contributed by atoms with van der Waals surface area (Å²) >= 11 is 0. The third kappa shape index (κ3) is 4.93. The predicted molar refractivity (Wildman–Crippen MR) is 91.6 cm³/mol. The van der Waals surface area contributed by atoms with Gasteiger partial charge in [0.25, 0.3) is 0 Å². The lowest BCUT2D eigenvalue weighted by Gasteiger charge is -2.30. The van der Waals surface area contributed by atoms with Crippen LogP contribution in [0, 0.1) is 5.92 Å². The fraction of sp³-hybridized carbons (Fsp3) is 0.562. The normalized spacial score (nSPS) is 16.8. The highest BCUT2D eigenvalue weighted by Crippen LogP contribution is 2.23. The first-order chi connectivity index (χ1) is 11.5. The van der Waals surface area contributed by atoms with Gasteiger partial charge in [-0.1, -0.05) is 6.07 Å². The maximum absolute atomic E-state index is 12.4. The minimum atomic E-state index is -3.30. The first kappa shape index (κ1) is 18.7. The number of carbonyl (C=O) groups is 1. The zero-order valence-corrected chi connectivity index (χ0v) is 14.8. The number of ether oxygens (including phenoxy) is 2. The maximum atomic E-state index is 12.4. The molecule has 0 aliphatic carbocycles. The smallest absolute Gasteiger partial charge is 0.227 e. The minimum Gasteiger partial charge on any atom is -0.497 e. The summed E-state index contributed by atoms with van der Waals surface area (Å²) in [6.07, 6.45) is 1.03. The van der Waals surface area contributed by atoms with Crippen molar-refractivity contribution < 1.29 is 22.7 Å². The van der Waals surface area contributed by atoms with Gasteiger partial charge >= 0.3 is 0 Å². The van der Waals surface area contributed by atoms with Crippen molar-refractivity contribution in [1.82, 2.24) is 4.31 Å². The number of carbonyl (C=O) groups excluding carboxylic acids is 1. The molecule has 8 heteroatoms. The van der Waals surface area contributed by atoms with E-state index < -0.39 is 10.0 Å². The Morgan fingerprint density at radius 3 is 2.62 bits per heavy atom. The number of nitrogens with zero attached hydrogens (tertiary/aromatic N) is 1. The molecule has 0 radical (unpaired) electrons. The maximum Gasteiger partial charge on any atom is 0.227 e. The van der Waals surface area contributed by atoms with Crippen LogP contribution in [0.3, 0.4) is 0 Å². The Morgan fingerprint density at radius 1 is 1.29 bits per heavy atom. The number of piperidine rings is 1. The van der Waals surface area contributed by atoms with E-state index in [2.05, 4.69) is 5.32 Å². The number of nitrogens with one attached hydrogen (secondary N) is 1. The van der Waals surface area contributed by atoms with E-state index in [0.29, 0.717) is 37.4 Å². The topological polar surface area (TPSA) is 84.9 Å². The largest absolute Gasteiger partial charge is 0.497 e. The van der Waals surface area contributed by atoms with E-state index in [1.807, 2.05) is 0 Å². The molecule has 7 nitrogen and oxygen atoms in total. The summed E-state index contributed by atoms with van der Waals surface area (Å²) in [5, 5.41) is 2.87. The molecule has 1 aliphatic rings. The van der Waals surface area contributed by atoms with E-state index in [1.165, 1.54) is 11.4 Å². The molecule has 1 aromatic carbocycles. The molecule has 0 atom stereocenters. The predicted octanol–water partition coefficient (Wildman–Crippen LogP) is 1.32. The highest BCUT2D eigenvalue weighted by atomic mass is 32.2. The van der Waals surface area contributed by atoms with Gasteiger partial charge in [-0.2, -0.15) is 0 Å². The molecule has 1 fully saturated rings. The first-order valence-corrected chi connectivity index (χ1v) is 9.49. The summed E-state index contributed by atoms with van der Waals surface area (Å²) in [6, 6.07) is 7.16. The van der Waals surface area contributed by atoms with E-state index >= 15 is 0 Å². The van der Waals surface area contributed by atoms with E-state index in [4.69, 9.17) is 9.47 Å². The number of sulfonamides is 1. The zero-order chi connectivity index (χ0) is 17.6. The van der Waals surface area contributed by atoms with E-state index in [9.17, 15) is 13.2 Å². The Labute approximate surface area is 143 Å². The van der Waals surface area contributed by atoms with Crippen molar-refractivity contribution in [2.75, 3.05) is 45.0 Å². The Hall–Kier alpha value is -1.64. The lowest BCUT2D eigenvalue weighted by Crippen LogP contribution is -2.42. The van der Waals surface area contributed by atoms with Gasteiger partial charge in [0.1, 0.15) is 5.75 Å². The molecule has 2 rings (SSSR count). The molecule has 1 aliphatic heterocycles. The summed E-state index contributed by atoms with van der Waals surface area (Å²) in [4.78, 5) is 12.4. The zero-order valence-electron chi connectivity index (χ0n) is 14.0. The molecule has 0 aromatic heterocycles. The molecule has 0 spiro atoms. The summed E-state index contributed by atoms with van der Waals surface area (Å²) in [7, 11) is -0.255. The van der Waals surface area contributed by atoms with E-state index in [0.717, 1.165) is 0 Å². The van der Waals surface area contributed by atoms with Crippen molar-refractivity contribution in [3.8, 4) is 5.75 Å². The SMILES string of the molecule is COCCS(=O)(=O)N1CCC(C(=O)Nc2cccc(OC)c2)CC1. The van der Waals surface area contributed by atoms with Crippen LogP contribution in [-0.2, 0) is 19.6 Å². The van der Waals surface area contributed by atoms with Gasteiger partial charge in [-0.15, -0.1) is 0 Å². The highest BCUT2D eigenvalue weighted by molar-refractivity contribution is 7.89. The van der Waals surface area contributed by atoms with Crippen LogP contribution in [0.15, 0.2) is 24.3 Å². The second-order valence-electron chi connectivity index (χ2n) is 5.70. The summed E-state index contributed by atoms with van der Waals surface area (Å²) in [6.45, 7) is 0.906. The third-order valence-electron chi connectivity index (χ3n) is 4.10. The van der Waals surface area contributed by atoms with Crippen molar-refractivity contribution >= 4 is 21.6 Å². The molecule has 1 N–H and O–H groups in total. The van der Waals surface area contributed by atoms with Gasteiger partial charge in [0.2, 0.25) is 15.9 Å². The second kappa shape index (κ2) is 8.46. The monoisotopic (exact) mass is 356 g/mol. The van der Waals surface area contributed by atoms with E-state index in [1.54, 1.807) is 31.4 Å². The van der Waals surface area contributed by atoms with Gasteiger partial charge in [0.05, 0.1) is 19.5 Å². The number of amides is 1. The Balaban J connectivity index is 1.88. The van der Waals surface area contributed by atoms with Gasteiger partial charge in [-0.3, -0.25) is 4.79 Å². The Kier molecular flexibility index (Phi) is 6.59. The number of rotatable bonds is 7. The van der Waals surface area contributed by atoms with Crippen molar-refractivity contribution in [2.45, 2.75) is 12.8 Å². The van der Waals surface area contributed by atoms with Crippen LogP contribution in [-0.4, -0.2) is 58.3 Å². The van der Waals surface area contributed by atoms with Crippen LogP contribution >= 0.6 is 0 Å². The summed E-state index contributed by atoms with van der Waals surface area (Å²) in [5.74, 6) is 0.374. The van der Waals surface area contributed by atoms with Crippen LogP contribution in [0.25, 0.3) is 0 Å². The third-order valence-corrected chi connectivity index (χ3v) is 5.94. The molecule has 24 heavy (non-hydrogen) atoms. The van der Waals surface area contributed by atoms with Gasteiger partial charge in [-0.25, -0.2) is 12.7 Å². The molecule has 1 amide bonds. The minimum absolute atomic E-state index is 0.0236. The molecule has 1 heterocycles. The molecule has 0 bridgehead atoms. The van der Waals surface area contributed by atoms with Crippen molar-refractivity contribution in [3.63, 3.8) is 0 Å². The second-order valence-corrected chi connectivity index (χ2v) is 7.79. The summed E-state index contributed by atoms with van der Waals surface area (Å²) in [5.41, 5.74) is 0.675. The van der Waals surface area contributed by atoms with Crippen LogP contribution < -0.4 is 10.1 Å². The van der Waals surface area contributed by atoms with E-state index in [-0.39, 0.29) is 24.2 Å². The highest BCUT2D eigenvalue weighted by Gasteiger charge is 2.30. The van der Waals surface area contributed by atoms with Gasteiger partial charge in [0, 0.05) is 37.9 Å². The standard InChI is InChI=1S/C16H24N2O5S/c1-22-10-11-24(20,21)18-8-6-13(7-9-18)16(19)17-14-4-3-5-15(12-14)23-2/h3-5,12-13H,6-11H2,1-2H3,(H,17,19). The molecule has 134 valence electrons. The Morgan fingerprint density at radius 2 is 2.00 bits per heavy atom. The molecular formula is C16H24N2O5S. The molecule has 1 saturated heterocycles. The fourth-order valence-corrected chi connectivity index (χ4v) is 4.06. The number of hydrogen-bond donors (Lipinski definition) is 1.